The molecule has 3 aromatic rings. The zero-order valence-electron chi connectivity index (χ0n) is 15.4. The van der Waals surface area contributed by atoms with Crippen LogP contribution in [-0.2, 0) is 5.75 Å². The van der Waals surface area contributed by atoms with Gasteiger partial charge in [-0.05, 0) is 53.5 Å². The number of carbonyl (C=O) groups is 1. The number of tetrazole rings is 1. The fourth-order valence-corrected chi connectivity index (χ4v) is 3.94. The lowest BCUT2D eigenvalue weighted by atomic mass is 10.2. The molecule has 0 aliphatic heterocycles. The second-order valence-corrected chi connectivity index (χ2v) is 7.86. The van der Waals surface area contributed by atoms with Crippen LogP contribution in [0.1, 0.15) is 29.0 Å². The Kier molecular flexibility index (Phi) is 5.68. The van der Waals surface area contributed by atoms with E-state index >= 15 is 0 Å². The third-order valence-electron chi connectivity index (χ3n) is 4.75. The number of nitrogens with zero attached hydrogens (tertiary/aromatic N) is 4. The van der Waals surface area contributed by atoms with Crippen molar-refractivity contribution < 1.29 is 4.79 Å². The highest BCUT2D eigenvalue weighted by atomic mass is 32.2. The number of thioether (sulfide) groups is 1. The van der Waals surface area contributed by atoms with Crippen molar-refractivity contribution in [1.82, 2.24) is 25.5 Å². The monoisotopic (exact) mass is 394 g/mol. The Morgan fingerprint density at radius 1 is 1.18 bits per heavy atom. The average molecular weight is 395 g/mol. The molecule has 4 rings (SSSR count). The first kappa shape index (κ1) is 18.6. The van der Waals surface area contributed by atoms with E-state index in [0.717, 1.165) is 16.4 Å². The summed E-state index contributed by atoms with van der Waals surface area (Å²) < 4.78 is 1.71. The molecule has 1 heterocycles. The van der Waals surface area contributed by atoms with Crippen molar-refractivity contribution in [3.05, 3.63) is 66.0 Å². The molecule has 0 radical (unpaired) electrons. The topological polar surface area (TPSA) is 98.7 Å². The molecule has 1 unspecified atom stereocenters. The number of nitrogens with two attached hydrogens (primary N) is 1. The van der Waals surface area contributed by atoms with Crippen LogP contribution in [0.3, 0.4) is 0 Å². The molecule has 1 atom stereocenters. The Morgan fingerprint density at radius 2 is 1.93 bits per heavy atom. The largest absolute Gasteiger partial charge is 0.350 e. The van der Waals surface area contributed by atoms with Crippen molar-refractivity contribution in [2.24, 2.45) is 11.7 Å². The standard InChI is InChI=1S/C20H22N6OS/c21-17(14-10-11-14)12-22-20(27)16-8-4-5-9-18(16)28-13-19-23-24-25-26(19)15-6-2-1-3-7-15/h1-9,14,17H,10-13,21H2,(H,22,27). The van der Waals surface area contributed by atoms with Gasteiger partial charge in [0.2, 0.25) is 0 Å². The number of para-hydroxylation sites is 1. The molecule has 28 heavy (non-hydrogen) atoms. The molecule has 1 fully saturated rings. The highest BCUT2D eigenvalue weighted by Crippen LogP contribution is 2.31. The quantitative estimate of drug-likeness (QED) is 0.569. The van der Waals surface area contributed by atoms with Gasteiger partial charge >= 0.3 is 0 Å². The van der Waals surface area contributed by atoms with Crippen LogP contribution in [0.25, 0.3) is 5.69 Å². The smallest absolute Gasteiger partial charge is 0.252 e. The molecule has 0 bridgehead atoms. The van der Waals surface area contributed by atoms with Gasteiger partial charge in [0.25, 0.3) is 5.91 Å². The average Bonchev–Trinajstić information content (AvgIpc) is 3.49. The number of rotatable bonds is 8. The number of nitrogens with one attached hydrogen (secondary N) is 1. The van der Waals surface area contributed by atoms with Crippen LogP contribution < -0.4 is 11.1 Å². The molecule has 2 aromatic carbocycles. The number of amides is 1. The Balaban J connectivity index is 1.43. The number of hydrogen-bond acceptors (Lipinski definition) is 6. The van der Waals surface area contributed by atoms with Crippen molar-refractivity contribution in [2.75, 3.05) is 6.54 Å². The Bertz CT molecular complexity index is 941. The third kappa shape index (κ3) is 4.40. The number of carbonyl (C=O) groups excluding carboxylic acids is 1. The van der Waals surface area contributed by atoms with E-state index in [1.54, 1.807) is 4.68 Å². The summed E-state index contributed by atoms with van der Waals surface area (Å²) in [5.74, 6) is 1.74. The maximum absolute atomic E-state index is 12.6. The molecular weight excluding hydrogens is 372 g/mol. The molecule has 1 aliphatic rings. The first-order valence-electron chi connectivity index (χ1n) is 9.30. The molecule has 1 aliphatic carbocycles. The summed E-state index contributed by atoms with van der Waals surface area (Å²) in [6.45, 7) is 0.509. The van der Waals surface area contributed by atoms with Crippen LogP contribution in [0.2, 0.25) is 0 Å². The summed E-state index contributed by atoms with van der Waals surface area (Å²) in [5.41, 5.74) is 7.65. The molecule has 1 aromatic heterocycles. The van der Waals surface area contributed by atoms with Gasteiger partial charge in [-0.3, -0.25) is 4.79 Å². The van der Waals surface area contributed by atoms with E-state index in [0.29, 0.717) is 23.8 Å². The zero-order chi connectivity index (χ0) is 19.3. The van der Waals surface area contributed by atoms with Gasteiger partial charge in [0.05, 0.1) is 17.0 Å². The normalized spacial score (nSPS) is 14.6. The maximum Gasteiger partial charge on any atom is 0.252 e. The van der Waals surface area contributed by atoms with E-state index in [4.69, 9.17) is 5.73 Å². The van der Waals surface area contributed by atoms with Crippen LogP contribution in [0.15, 0.2) is 59.5 Å². The van der Waals surface area contributed by atoms with Crippen molar-refractivity contribution >= 4 is 17.7 Å². The van der Waals surface area contributed by atoms with Crippen LogP contribution in [0.4, 0.5) is 0 Å². The minimum absolute atomic E-state index is 0.0410. The van der Waals surface area contributed by atoms with Gasteiger partial charge in [-0.25, -0.2) is 0 Å². The fraction of sp³-hybridized carbons (Fsp3) is 0.300. The molecular formula is C20H22N6OS. The first-order chi connectivity index (χ1) is 13.7. The number of hydrogen-bond donors (Lipinski definition) is 2. The molecule has 1 amide bonds. The van der Waals surface area contributed by atoms with E-state index in [1.165, 1.54) is 24.6 Å². The molecule has 7 nitrogen and oxygen atoms in total. The zero-order valence-corrected chi connectivity index (χ0v) is 16.2. The third-order valence-corrected chi connectivity index (χ3v) is 5.82. The maximum atomic E-state index is 12.6. The second-order valence-electron chi connectivity index (χ2n) is 6.84. The minimum Gasteiger partial charge on any atom is -0.350 e. The molecule has 144 valence electrons. The summed E-state index contributed by atoms with van der Waals surface area (Å²) in [6, 6.07) is 17.4. The van der Waals surface area contributed by atoms with Crippen LogP contribution in [0, 0.1) is 5.92 Å². The van der Waals surface area contributed by atoms with Crippen molar-refractivity contribution in [3.8, 4) is 5.69 Å². The van der Waals surface area contributed by atoms with E-state index in [9.17, 15) is 4.79 Å². The number of aromatic nitrogens is 4. The van der Waals surface area contributed by atoms with Crippen molar-refractivity contribution in [2.45, 2.75) is 29.5 Å². The fourth-order valence-electron chi connectivity index (χ4n) is 2.98. The second kappa shape index (κ2) is 8.53. The van der Waals surface area contributed by atoms with Gasteiger partial charge < -0.3 is 11.1 Å². The van der Waals surface area contributed by atoms with E-state index in [2.05, 4.69) is 20.8 Å². The first-order valence-corrected chi connectivity index (χ1v) is 10.3. The summed E-state index contributed by atoms with van der Waals surface area (Å²) >= 11 is 1.54. The number of benzene rings is 2. The summed E-state index contributed by atoms with van der Waals surface area (Å²) in [6.07, 6.45) is 2.33. The molecule has 0 saturated heterocycles. The molecule has 3 N–H and O–H groups in total. The van der Waals surface area contributed by atoms with Gasteiger partial charge in [0.1, 0.15) is 0 Å². The Labute approximate surface area is 167 Å². The molecule has 8 heteroatoms. The summed E-state index contributed by atoms with van der Waals surface area (Å²) in [5, 5.41) is 15.0. The predicted molar refractivity (Wildman–Crippen MR) is 108 cm³/mol. The lowest BCUT2D eigenvalue weighted by molar-refractivity contribution is 0.0947. The van der Waals surface area contributed by atoms with Crippen molar-refractivity contribution in [3.63, 3.8) is 0 Å². The molecule has 0 spiro atoms. The van der Waals surface area contributed by atoms with Gasteiger partial charge in [0.15, 0.2) is 5.82 Å². The van der Waals surface area contributed by atoms with E-state index < -0.39 is 0 Å². The SMILES string of the molecule is NC(CNC(=O)c1ccccc1SCc1nnnn1-c1ccccc1)C1CC1. The summed E-state index contributed by atoms with van der Waals surface area (Å²) in [7, 11) is 0. The van der Waals surface area contributed by atoms with Gasteiger partial charge in [-0.15, -0.1) is 16.9 Å². The van der Waals surface area contributed by atoms with Crippen LogP contribution in [-0.4, -0.2) is 38.7 Å². The highest BCUT2D eigenvalue weighted by molar-refractivity contribution is 7.98. The predicted octanol–water partition coefficient (Wildman–Crippen LogP) is 2.42. The van der Waals surface area contributed by atoms with E-state index in [-0.39, 0.29) is 11.9 Å². The van der Waals surface area contributed by atoms with E-state index in [1.807, 2.05) is 54.6 Å². The van der Waals surface area contributed by atoms with Crippen molar-refractivity contribution in [1.29, 1.82) is 0 Å². The van der Waals surface area contributed by atoms with Gasteiger partial charge in [-0.2, -0.15) is 4.68 Å². The lowest BCUT2D eigenvalue weighted by Gasteiger charge is -2.13. The lowest BCUT2D eigenvalue weighted by Crippen LogP contribution is -2.38. The van der Waals surface area contributed by atoms with Gasteiger partial charge in [0, 0.05) is 17.5 Å². The van der Waals surface area contributed by atoms with Gasteiger partial charge in [-0.1, -0.05) is 30.3 Å². The van der Waals surface area contributed by atoms with Crippen LogP contribution >= 0.6 is 11.8 Å². The minimum atomic E-state index is -0.0955. The molecule has 1 saturated carbocycles. The summed E-state index contributed by atoms with van der Waals surface area (Å²) in [4.78, 5) is 13.5. The Hall–Kier alpha value is -2.71. The Morgan fingerprint density at radius 3 is 2.71 bits per heavy atom. The highest BCUT2D eigenvalue weighted by Gasteiger charge is 2.28. The van der Waals surface area contributed by atoms with Crippen LogP contribution in [0.5, 0.6) is 0 Å².